The third kappa shape index (κ3) is 3.34. The highest BCUT2D eigenvalue weighted by Crippen LogP contribution is 1.99. The summed E-state index contributed by atoms with van der Waals surface area (Å²) in [5.41, 5.74) is 5.17. The minimum atomic E-state index is -3.15. The van der Waals surface area contributed by atoms with Crippen LogP contribution in [0.25, 0.3) is 0 Å². The van der Waals surface area contributed by atoms with Crippen molar-refractivity contribution in [1.82, 2.24) is 4.31 Å². The predicted molar refractivity (Wildman–Crippen MR) is 50.3 cm³/mol. The fourth-order valence-corrected chi connectivity index (χ4v) is 2.14. The first kappa shape index (κ1) is 11.6. The molecule has 0 aliphatic carbocycles. The highest BCUT2D eigenvalue weighted by Gasteiger charge is 2.17. The lowest BCUT2D eigenvalue weighted by Crippen LogP contribution is -2.35. The van der Waals surface area contributed by atoms with Crippen molar-refractivity contribution in [2.45, 2.75) is 6.92 Å². The van der Waals surface area contributed by atoms with E-state index in [4.69, 9.17) is 5.73 Å². The van der Waals surface area contributed by atoms with Crippen LogP contribution >= 0.6 is 0 Å². The SMILES string of the molecule is C=CCN(CC)S(=O)(=O)CCN. The van der Waals surface area contributed by atoms with Crippen molar-refractivity contribution in [3.63, 3.8) is 0 Å². The fourth-order valence-electron chi connectivity index (χ4n) is 0.861. The molecule has 0 saturated carbocycles. The van der Waals surface area contributed by atoms with Crippen LogP contribution in [0.1, 0.15) is 6.92 Å². The van der Waals surface area contributed by atoms with Gasteiger partial charge in [0.1, 0.15) is 0 Å². The van der Waals surface area contributed by atoms with Gasteiger partial charge >= 0.3 is 0 Å². The highest BCUT2D eigenvalue weighted by atomic mass is 32.2. The maximum absolute atomic E-state index is 11.3. The van der Waals surface area contributed by atoms with Crippen molar-refractivity contribution in [3.8, 4) is 0 Å². The maximum Gasteiger partial charge on any atom is 0.215 e. The van der Waals surface area contributed by atoms with Crippen molar-refractivity contribution < 1.29 is 8.42 Å². The summed E-state index contributed by atoms with van der Waals surface area (Å²) in [6.07, 6.45) is 1.57. The summed E-state index contributed by atoms with van der Waals surface area (Å²) in [5, 5.41) is 0. The lowest BCUT2D eigenvalue weighted by atomic mass is 10.6. The second-order valence-corrected chi connectivity index (χ2v) is 4.43. The van der Waals surface area contributed by atoms with E-state index < -0.39 is 10.0 Å². The summed E-state index contributed by atoms with van der Waals surface area (Å²) >= 11 is 0. The van der Waals surface area contributed by atoms with Gasteiger partial charge in [0.15, 0.2) is 0 Å². The van der Waals surface area contributed by atoms with Crippen LogP contribution in [0.3, 0.4) is 0 Å². The topological polar surface area (TPSA) is 63.4 Å². The molecule has 0 rings (SSSR count). The third-order valence-corrected chi connectivity index (χ3v) is 3.40. The van der Waals surface area contributed by atoms with Gasteiger partial charge in [0, 0.05) is 19.6 Å². The average Bonchev–Trinajstić information content (AvgIpc) is 1.99. The number of hydrogen-bond donors (Lipinski definition) is 1. The Morgan fingerprint density at radius 1 is 1.58 bits per heavy atom. The molecule has 2 N–H and O–H groups in total. The van der Waals surface area contributed by atoms with Gasteiger partial charge < -0.3 is 5.73 Å². The predicted octanol–water partition coefficient (Wildman–Crippen LogP) is -0.217. The van der Waals surface area contributed by atoms with Crippen LogP contribution in [0.5, 0.6) is 0 Å². The normalized spacial score (nSPS) is 11.9. The first-order valence-corrected chi connectivity index (χ1v) is 5.48. The molecule has 0 unspecified atom stereocenters. The molecule has 72 valence electrons. The monoisotopic (exact) mass is 192 g/mol. The molecule has 0 saturated heterocycles. The van der Waals surface area contributed by atoms with E-state index in [-0.39, 0.29) is 12.3 Å². The zero-order valence-corrected chi connectivity index (χ0v) is 8.18. The average molecular weight is 192 g/mol. The van der Waals surface area contributed by atoms with Gasteiger partial charge in [-0.3, -0.25) is 0 Å². The first-order chi connectivity index (χ1) is 5.58. The Morgan fingerprint density at radius 2 is 2.17 bits per heavy atom. The number of hydrogen-bond acceptors (Lipinski definition) is 3. The number of rotatable bonds is 6. The largest absolute Gasteiger partial charge is 0.329 e. The van der Waals surface area contributed by atoms with E-state index in [1.165, 1.54) is 4.31 Å². The molecule has 0 spiro atoms. The molecular formula is C7H16N2O2S. The Labute approximate surface area is 74.1 Å². The highest BCUT2D eigenvalue weighted by molar-refractivity contribution is 7.89. The van der Waals surface area contributed by atoms with E-state index in [9.17, 15) is 8.42 Å². The van der Waals surface area contributed by atoms with E-state index in [0.29, 0.717) is 13.1 Å². The van der Waals surface area contributed by atoms with Crippen LogP contribution in [-0.2, 0) is 10.0 Å². The van der Waals surface area contributed by atoms with Gasteiger partial charge in [-0.05, 0) is 0 Å². The van der Waals surface area contributed by atoms with Crippen LogP contribution in [0.4, 0.5) is 0 Å². The van der Waals surface area contributed by atoms with Crippen LogP contribution in [0.2, 0.25) is 0 Å². The summed E-state index contributed by atoms with van der Waals surface area (Å²) in [7, 11) is -3.15. The molecule has 0 atom stereocenters. The quantitative estimate of drug-likeness (QED) is 0.592. The summed E-state index contributed by atoms with van der Waals surface area (Å²) in [4.78, 5) is 0. The standard InChI is InChI=1S/C7H16N2O2S/c1-3-6-9(4-2)12(10,11)7-5-8/h3H,1,4-8H2,2H3. The van der Waals surface area contributed by atoms with Crippen LogP contribution in [0.15, 0.2) is 12.7 Å². The van der Waals surface area contributed by atoms with Gasteiger partial charge in [-0.15, -0.1) is 6.58 Å². The molecule has 0 aliphatic rings. The van der Waals surface area contributed by atoms with Crippen molar-refractivity contribution >= 4 is 10.0 Å². The number of likely N-dealkylation sites (N-methyl/N-ethyl adjacent to an activating group) is 1. The van der Waals surface area contributed by atoms with E-state index in [1.54, 1.807) is 13.0 Å². The smallest absolute Gasteiger partial charge is 0.215 e. The molecule has 4 nitrogen and oxygen atoms in total. The molecule has 5 heteroatoms. The molecule has 12 heavy (non-hydrogen) atoms. The van der Waals surface area contributed by atoms with Crippen molar-refractivity contribution in [2.75, 3.05) is 25.4 Å². The Morgan fingerprint density at radius 3 is 2.50 bits per heavy atom. The Hall–Kier alpha value is -0.390. The van der Waals surface area contributed by atoms with Gasteiger partial charge in [0.05, 0.1) is 5.75 Å². The molecule has 0 amide bonds. The molecule has 0 aromatic rings. The van der Waals surface area contributed by atoms with Crippen molar-refractivity contribution in [1.29, 1.82) is 0 Å². The third-order valence-electron chi connectivity index (χ3n) is 1.45. The lowest BCUT2D eigenvalue weighted by molar-refractivity contribution is 0.460. The minimum absolute atomic E-state index is 0.00861. The second kappa shape index (κ2) is 5.29. The van der Waals surface area contributed by atoms with E-state index >= 15 is 0 Å². The van der Waals surface area contributed by atoms with Gasteiger partial charge in [-0.2, -0.15) is 4.31 Å². The number of sulfonamides is 1. The Bertz CT molecular complexity index is 224. The maximum atomic E-state index is 11.3. The Balaban J connectivity index is 4.37. The van der Waals surface area contributed by atoms with Gasteiger partial charge in [-0.25, -0.2) is 8.42 Å². The van der Waals surface area contributed by atoms with Crippen LogP contribution in [-0.4, -0.2) is 38.1 Å². The summed E-state index contributed by atoms with van der Waals surface area (Å²) < 4.78 is 24.1. The zero-order chi connectivity index (χ0) is 9.61. The Kier molecular flexibility index (Phi) is 5.12. The van der Waals surface area contributed by atoms with Gasteiger partial charge in [0.2, 0.25) is 10.0 Å². The summed E-state index contributed by atoms with van der Waals surface area (Å²) in [6.45, 7) is 6.26. The van der Waals surface area contributed by atoms with Gasteiger partial charge in [-0.1, -0.05) is 13.0 Å². The second-order valence-electron chi connectivity index (χ2n) is 2.34. The van der Waals surface area contributed by atoms with Crippen molar-refractivity contribution in [3.05, 3.63) is 12.7 Å². The van der Waals surface area contributed by atoms with Crippen molar-refractivity contribution in [2.24, 2.45) is 5.73 Å². The van der Waals surface area contributed by atoms with E-state index in [2.05, 4.69) is 6.58 Å². The molecule has 0 aromatic carbocycles. The zero-order valence-electron chi connectivity index (χ0n) is 7.36. The van der Waals surface area contributed by atoms with Crippen LogP contribution in [0, 0.1) is 0 Å². The molecule has 0 heterocycles. The van der Waals surface area contributed by atoms with Gasteiger partial charge in [0.25, 0.3) is 0 Å². The first-order valence-electron chi connectivity index (χ1n) is 3.87. The minimum Gasteiger partial charge on any atom is -0.329 e. The van der Waals surface area contributed by atoms with E-state index in [1.807, 2.05) is 0 Å². The van der Waals surface area contributed by atoms with Crippen LogP contribution < -0.4 is 5.73 Å². The lowest BCUT2D eigenvalue weighted by Gasteiger charge is -2.17. The summed E-state index contributed by atoms with van der Waals surface area (Å²) in [5.74, 6) is 0.00861. The molecule has 0 bridgehead atoms. The number of nitrogens with two attached hydrogens (primary N) is 1. The fraction of sp³-hybridized carbons (Fsp3) is 0.714. The molecular weight excluding hydrogens is 176 g/mol. The summed E-state index contributed by atoms with van der Waals surface area (Å²) in [6, 6.07) is 0. The molecule has 0 aliphatic heterocycles. The molecule has 0 fully saturated rings. The number of nitrogens with zero attached hydrogens (tertiary/aromatic N) is 1. The van der Waals surface area contributed by atoms with E-state index in [0.717, 1.165) is 0 Å². The molecule has 0 aromatic heterocycles. The molecule has 0 radical (unpaired) electrons.